The Morgan fingerprint density at radius 2 is 1.85 bits per heavy atom. The van der Waals surface area contributed by atoms with Gasteiger partial charge in [-0.05, 0) is 79.5 Å². The normalized spacial score (nSPS) is 16.8. The van der Waals surface area contributed by atoms with E-state index in [4.69, 9.17) is 21.1 Å². The SMILES string of the molecule is CCc1cccc(-c2c(Cl)cccc2[C@](O)(CCCNC(=O)OC)[C@@H]2CCCN(C(=O)c3ccc(CNC(C)COC)cc3)C2)c1. The van der Waals surface area contributed by atoms with Gasteiger partial charge in [-0.25, -0.2) is 4.79 Å². The molecule has 0 aliphatic carbocycles. The second-order valence-corrected chi connectivity index (χ2v) is 12.6. The zero-order valence-electron chi connectivity index (χ0n) is 27.5. The Morgan fingerprint density at radius 1 is 1.09 bits per heavy atom. The highest BCUT2D eigenvalue weighted by Gasteiger charge is 2.43. The van der Waals surface area contributed by atoms with Crippen molar-refractivity contribution in [2.45, 2.75) is 64.1 Å². The predicted molar refractivity (Wildman–Crippen MR) is 183 cm³/mol. The summed E-state index contributed by atoms with van der Waals surface area (Å²) in [5, 5.41) is 19.5. The van der Waals surface area contributed by atoms with Crippen LogP contribution in [0.1, 0.15) is 66.6 Å². The second-order valence-electron chi connectivity index (χ2n) is 12.2. The second kappa shape index (κ2) is 16.9. The number of hydrogen-bond donors (Lipinski definition) is 3. The molecule has 1 fully saturated rings. The fraction of sp³-hybridized carbons (Fsp3) is 0.459. The Bertz CT molecular complexity index is 1450. The van der Waals surface area contributed by atoms with E-state index in [0.29, 0.717) is 56.2 Å². The molecule has 46 heavy (non-hydrogen) atoms. The molecule has 3 N–H and O–H groups in total. The van der Waals surface area contributed by atoms with E-state index in [9.17, 15) is 14.7 Å². The predicted octanol–water partition coefficient (Wildman–Crippen LogP) is 6.57. The largest absolute Gasteiger partial charge is 0.453 e. The van der Waals surface area contributed by atoms with Gasteiger partial charge in [0.05, 0.1) is 19.3 Å². The number of likely N-dealkylation sites (tertiary alicyclic amines) is 1. The molecule has 2 amide bonds. The number of methoxy groups -OCH3 is 2. The number of nitrogens with one attached hydrogen (secondary N) is 2. The van der Waals surface area contributed by atoms with Crippen molar-refractivity contribution in [3.05, 3.63) is 94.0 Å². The Morgan fingerprint density at radius 3 is 2.57 bits per heavy atom. The first kappa shape index (κ1) is 35.4. The van der Waals surface area contributed by atoms with E-state index in [2.05, 4.69) is 36.6 Å². The molecule has 9 heteroatoms. The smallest absolute Gasteiger partial charge is 0.406 e. The summed E-state index contributed by atoms with van der Waals surface area (Å²) >= 11 is 6.89. The number of hydrogen-bond acceptors (Lipinski definition) is 6. The number of carbonyl (C=O) groups excluding carboxylic acids is 2. The first-order chi connectivity index (χ1) is 22.2. The van der Waals surface area contributed by atoms with Crippen LogP contribution in [0.2, 0.25) is 5.02 Å². The molecule has 0 bridgehead atoms. The van der Waals surface area contributed by atoms with Crippen LogP contribution < -0.4 is 10.6 Å². The molecule has 1 unspecified atom stereocenters. The number of aliphatic hydroxyl groups is 1. The molecule has 1 heterocycles. The topological polar surface area (TPSA) is 100 Å². The summed E-state index contributed by atoms with van der Waals surface area (Å²) in [5.41, 5.74) is 4.07. The molecule has 0 aromatic heterocycles. The summed E-state index contributed by atoms with van der Waals surface area (Å²) in [7, 11) is 3.02. The molecule has 3 atom stereocenters. The van der Waals surface area contributed by atoms with Gasteiger partial charge in [0, 0.05) is 61.4 Å². The van der Waals surface area contributed by atoms with Gasteiger partial charge in [-0.15, -0.1) is 0 Å². The minimum Gasteiger partial charge on any atom is -0.453 e. The molecule has 248 valence electrons. The fourth-order valence-electron chi connectivity index (χ4n) is 6.40. The number of aryl methyl sites for hydroxylation is 1. The quantitative estimate of drug-likeness (QED) is 0.171. The van der Waals surface area contributed by atoms with Crippen molar-refractivity contribution in [2.24, 2.45) is 5.92 Å². The summed E-state index contributed by atoms with van der Waals surface area (Å²) in [6.07, 6.45) is 2.75. The van der Waals surface area contributed by atoms with Crippen molar-refractivity contribution in [1.82, 2.24) is 15.5 Å². The monoisotopic (exact) mass is 649 g/mol. The third kappa shape index (κ3) is 8.88. The van der Waals surface area contributed by atoms with Crippen LogP contribution in [0, 0.1) is 5.92 Å². The third-order valence-electron chi connectivity index (χ3n) is 8.95. The van der Waals surface area contributed by atoms with Crippen LogP contribution in [-0.4, -0.2) is 68.5 Å². The first-order valence-electron chi connectivity index (χ1n) is 16.2. The van der Waals surface area contributed by atoms with E-state index in [1.807, 2.05) is 59.5 Å². The van der Waals surface area contributed by atoms with Gasteiger partial charge in [0.1, 0.15) is 0 Å². The maximum absolute atomic E-state index is 13.8. The lowest BCUT2D eigenvalue weighted by molar-refractivity contribution is -0.0563. The summed E-state index contributed by atoms with van der Waals surface area (Å²) in [6, 6.07) is 21.9. The van der Waals surface area contributed by atoms with E-state index in [1.54, 1.807) is 7.11 Å². The number of piperidine rings is 1. The third-order valence-corrected chi connectivity index (χ3v) is 9.26. The maximum atomic E-state index is 13.8. The average Bonchev–Trinajstić information content (AvgIpc) is 3.09. The van der Waals surface area contributed by atoms with Crippen molar-refractivity contribution in [2.75, 3.05) is 40.5 Å². The Hall–Kier alpha value is -3.43. The summed E-state index contributed by atoms with van der Waals surface area (Å²) in [5.74, 6) is -0.297. The zero-order valence-corrected chi connectivity index (χ0v) is 28.2. The molecule has 1 aliphatic rings. The molecular weight excluding hydrogens is 602 g/mol. The Kier molecular flexibility index (Phi) is 13.0. The minimum atomic E-state index is -1.31. The van der Waals surface area contributed by atoms with Crippen LogP contribution in [0.5, 0.6) is 0 Å². The van der Waals surface area contributed by atoms with Gasteiger partial charge in [-0.1, -0.05) is 67.1 Å². The van der Waals surface area contributed by atoms with Gasteiger partial charge < -0.3 is 30.1 Å². The lowest BCUT2D eigenvalue weighted by Gasteiger charge is -2.44. The summed E-state index contributed by atoms with van der Waals surface area (Å²) < 4.78 is 9.94. The number of ether oxygens (including phenoxy) is 2. The summed E-state index contributed by atoms with van der Waals surface area (Å²) in [6.45, 7) is 6.86. The number of halogens is 1. The molecule has 1 saturated heterocycles. The number of rotatable bonds is 14. The van der Waals surface area contributed by atoms with Crippen molar-refractivity contribution in [3.63, 3.8) is 0 Å². The highest BCUT2D eigenvalue weighted by atomic mass is 35.5. The molecule has 0 spiro atoms. The van der Waals surface area contributed by atoms with E-state index < -0.39 is 11.7 Å². The van der Waals surface area contributed by atoms with Crippen molar-refractivity contribution < 1.29 is 24.2 Å². The van der Waals surface area contributed by atoms with Gasteiger partial charge in [0.15, 0.2) is 0 Å². The number of alkyl carbamates (subject to hydrolysis) is 1. The van der Waals surface area contributed by atoms with Crippen LogP contribution in [0.25, 0.3) is 11.1 Å². The Labute approximate surface area is 278 Å². The molecule has 3 aromatic carbocycles. The van der Waals surface area contributed by atoms with Crippen molar-refractivity contribution in [3.8, 4) is 11.1 Å². The molecule has 8 nitrogen and oxygen atoms in total. The lowest BCUT2D eigenvalue weighted by atomic mass is 9.72. The van der Waals surface area contributed by atoms with Gasteiger partial charge in [-0.2, -0.15) is 0 Å². The van der Waals surface area contributed by atoms with Crippen LogP contribution in [0.4, 0.5) is 4.79 Å². The molecule has 1 aliphatic heterocycles. The minimum absolute atomic E-state index is 0.0476. The Balaban J connectivity index is 1.61. The number of benzene rings is 3. The number of nitrogens with zero attached hydrogens (tertiary/aromatic N) is 1. The first-order valence-corrected chi connectivity index (χ1v) is 16.6. The van der Waals surface area contributed by atoms with Crippen LogP contribution in [0.3, 0.4) is 0 Å². The van der Waals surface area contributed by atoms with E-state index >= 15 is 0 Å². The maximum Gasteiger partial charge on any atom is 0.406 e. The summed E-state index contributed by atoms with van der Waals surface area (Å²) in [4.78, 5) is 27.4. The van der Waals surface area contributed by atoms with E-state index in [0.717, 1.165) is 41.5 Å². The van der Waals surface area contributed by atoms with Crippen LogP contribution >= 0.6 is 11.6 Å². The number of carbonyl (C=O) groups is 2. The van der Waals surface area contributed by atoms with Crippen molar-refractivity contribution in [1.29, 1.82) is 0 Å². The standard InChI is InChI=1S/C37H48ClN3O5/c1-5-27-10-6-11-30(22-27)34-32(13-7-14-33(34)38)37(44,19-9-20-39-36(43)46-4)31-12-8-21-41(24-31)35(42)29-17-15-28(16-18-29)23-40-26(2)25-45-3/h6-7,10-11,13-18,22,26,31,40,44H,5,8-9,12,19-21,23-25H2,1-4H3,(H,39,43)/t26?,31-,37+/m1/s1. The molecule has 0 saturated carbocycles. The molecule has 0 radical (unpaired) electrons. The molecule has 3 aromatic rings. The van der Waals surface area contributed by atoms with Crippen molar-refractivity contribution >= 4 is 23.6 Å². The molecule has 4 rings (SSSR count). The van der Waals surface area contributed by atoms with Gasteiger partial charge in [0.25, 0.3) is 5.91 Å². The average molecular weight is 650 g/mol. The van der Waals surface area contributed by atoms with Gasteiger partial charge >= 0.3 is 6.09 Å². The van der Waals surface area contributed by atoms with Gasteiger partial charge in [0.2, 0.25) is 0 Å². The fourth-order valence-corrected chi connectivity index (χ4v) is 6.69. The molecular formula is C37H48ClN3O5. The van der Waals surface area contributed by atoms with E-state index in [1.165, 1.54) is 12.7 Å². The number of amides is 2. The lowest BCUT2D eigenvalue weighted by Crippen LogP contribution is -2.48. The highest BCUT2D eigenvalue weighted by molar-refractivity contribution is 6.33. The zero-order chi connectivity index (χ0) is 33.1. The van der Waals surface area contributed by atoms with Gasteiger partial charge in [-0.3, -0.25) is 4.79 Å². The van der Waals surface area contributed by atoms with Crippen LogP contribution in [-0.2, 0) is 28.0 Å². The van der Waals surface area contributed by atoms with E-state index in [-0.39, 0.29) is 17.9 Å². The van der Waals surface area contributed by atoms with Crippen LogP contribution in [0.15, 0.2) is 66.7 Å². The highest BCUT2D eigenvalue weighted by Crippen LogP contribution is 2.45.